The number of rotatable bonds is 0. The maximum absolute atomic E-state index is 7.05. The zero-order valence-electron chi connectivity index (χ0n) is 4.02. The fraction of sp³-hybridized carbons (Fsp3) is 0. The summed E-state index contributed by atoms with van der Waals surface area (Å²) < 4.78 is 0. The maximum Gasteiger partial charge on any atom is 0.206 e. The minimum Gasteiger partial charge on any atom is -0.315 e. The van der Waals surface area contributed by atoms with E-state index in [1.807, 2.05) is 18.1 Å². The van der Waals surface area contributed by atoms with Crippen LogP contribution in [0.2, 0.25) is 0 Å². The second-order valence-electron chi connectivity index (χ2n) is 1.52. The summed E-state index contributed by atoms with van der Waals surface area (Å²) in [6.45, 7) is 0. The molecule has 0 aromatic carbocycles. The molecule has 0 aliphatic carbocycles. The molecule has 0 atom stereocenters. The first-order valence-electron chi connectivity index (χ1n) is 2.30. The smallest absolute Gasteiger partial charge is 0.206 e. The van der Waals surface area contributed by atoms with Gasteiger partial charge >= 0.3 is 0 Å². The number of hydrogen-bond donors (Lipinski definition) is 1. The average Bonchev–Trinajstić information content (AvgIpc) is 1.69. The molecule has 0 aromatic heterocycles. The Morgan fingerprint density at radius 3 is 2.57 bits per heavy atom. The van der Waals surface area contributed by atoms with E-state index < -0.39 is 0 Å². The minimum atomic E-state index is 0.697. The van der Waals surface area contributed by atoms with Gasteiger partial charge in [0.25, 0.3) is 0 Å². The summed E-state index contributed by atoms with van der Waals surface area (Å²) in [7, 11) is 0.802. The molecule has 0 amide bonds. The Hall–Kier alpha value is -0.785. The van der Waals surface area contributed by atoms with E-state index in [0.717, 1.165) is 7.28 Å². The highest BCUT2D eigenvalue weighted by Crippen LogP contribution is 1.85. The largest absolute Gasteiger partial charge is 0.315 e. The molecule has 0 radical (unpaired) electrons. The van der Waals surface area contributed by atoms with Crippen LogP contribution in [0.1, 0.15) is 0 Å². The van der Waals surface area contributed by atoms with Gasteiger partial charge in [-0.25, -0.2) is 0 Å². The van der Waals surface area contributed by atoms with E-state index in [4.69, 9.17) is 5.41 Å². The molecule has 0 saturated heterocycles. The van der Waals surface area contributed by atoms with E-state index in [0.29, 0.717) is 5.61 Å². The van der Waals surface area contributed by atoms with Crippen molar-refractivity contribution in [3.63, 3.8) is 0 Å². The maximum atomic E-state index is 7.05. The molecule has 0 saturated carbocycles. The van der Waals surface area contributed by atoms with Gasteiger partial charge in [-0.2, -0.15) is 0 Å². The van der Waals surface area contributed by atoms with Gasteiger partial charge < -0.3 is 5.41 Å². The summed E-state index contributed by atoms with van der Waals surface area (Å²) >= 11 is 0. The molecule has 0 bridgehead atoms. The third-order valence-corrected chi connectivity index (χ3v) is 0.882. The summed E-state index contributed by atoms with van der Waals surface area (Å²) in [4.78, 5) is 0. The molecule has 1 aliphatic rings. The molecule has 1 heterocycles. The molecule has 0 aromatic rings. The first kappa shape index (κ1) is 4.38. The molecule has 1 aliphatic heterocycles. The third kappa shape index (κ3) is 1.04. The lowest BCUT2D eigenvalue weighted by molar-refractivity contribution is 1.56. The molecule has 0 spiro atoms. The van der Waals surface area contributed by atoms with E-state index in [-0.39, 0.29) is 0 Å². The summed E-state index contributed by atoms with van der Waals surface area (Å²) in [6.07, 6.45) is 5.64. The molecular formula is C5H6BN. The van der Waals surface area contributed by atoms with Crippen molar-refractivity contribution < 1.29 is 0 Å². The van der Waals surface area contributed by atoms with Crippen LogP contribution in [0.25, 0.3) is 0 Å². The second kappa shape index (κ2) is 1.78. The zero-order valence-corrected chi connectivity index (χ0v) is 4.02. The number of nitrogens with one attached hydrogen (secondary N) is 1. The van der Waals surface area contributed by atoms with Gasteiger partial charge in [-0.05, 0) is 5.61 Å². The Morgan fingerprint density at radius 1 is 1.43 bits per heavy atom. The lowest BCUT2D eigenvalue weighted by Gasteiger charge is -1.90. The molecule has 1 nitrogen and oxygen atoms in total. The van der Waals surface area contributed by atoms with Crippen molar-refractivity contribution >= 4 is 12.9 Å². The normalized spacial score (nSPS) is 16.9. The fourth-order valence-corrected chi connectivity index (χ4v) is 0.513. The van der Waals surface area contributed by atoms with Crippen LogP contribution < -0.4 is 0 Å². The summed E-state index contributed by atoms with van der Waals surface area (Å²) in [5.41, 5.74) is 0.697. The van der Waals surface area contributed by atoms with Crippen LogP contribution in [0.15, 0.2) is 24.2 Å². The molecule has 7 heavy (non-hydrogen) atoms. The van der Waals surface area contributed by atoms with Crippen LogP contribution in [0, 0.1) is 5.41 Å². The number of allylic oxidation sites excluding steroid dienone is 3. The predicted molar refractivity (Wildman–Crippen MR) is 33.2 cm³/mol. The third-order valence-electron chi connectivity index (χ3n) is 0.882. The lowest BCUT2D eigenvalue weighted by Crippen LogP contribution is -2.02. The van der Waals surface area contributed by atoms with Gasteiger partial charge in [-0.3, -0.25) is 0 Å². The molecule has 2 heteroatoms. The Balaban J connectivity index is 2.66. The quantitative estimate of drug-likeness (QED) is 0.419. The highest BCUT2D eigenvalue weighted by atomic mass is 14.3. The van der Waals surface area contributed by atoms with Crippen LogP contribution in [0.3, 0.4) is 0 Å². The first-order valence-corrected chi connectivity index (χ1v) is 2.30. The standard InChI is InChI=1S/C5H6BN/c7-5-3-1-2-4-6-5/h1-4,6-7H. The average molecular weight is 90.9 g/mol. The topological polar surface area (TPSA) is 23.9 Å². The van der Waals surface area contributed by atoms with E-state index in [1.54, 1.807) is 6.08 Å². The second-order valence-corrected chi connectivity index (χ2v) is 1.52. The summed E-state index contributed by atoms with van der Waals surface area (Å²) in [5, 5.41) is 7.05. The van der Waals surface area contributed by atoms with Gasteiger partial charge in [-0.15, -0.1) is 5.98 Å². The molecule has 0 unspecified atom stereocenters. The summed E-state index contributed by atoms with van der Waals surface area (Å²) in [6, 6.07) is 0. The first-order chi connectivity index (χ1) is 3.39. The predicted octanol–water partition coefficient (Wildman–Crippen LogP) is 0.484. The lowest BCUT2D eigenvalue weighted by atomic mass is 9.70. The molecule has 1 rings (SSSR count). The fourth-order valence-electron chi connectivity index (χ4n) is 0.513. The van der Waals surface area contributed by atoms with Gasteiger partial charge in [0, 0.05) is 0 Å². The van der Waals surface area contributed by atoms with Crippen molar-refractivity contribution in [1.82, 2.24) is 0 Å². The van der Waals surface area contributed by atoms with Crippen molar-refractivity contribution in [1.29, 1.82) is 5.41 Å². The van der Waals surface area contributed by atoms with Crippen LogP contribution in [0.5, 0.6) is 0 Å². The Morgan fingerprint density at radius 2 is 2.29 bits per heavy atom. The SMILES string of the molecule is N=C1BC=CC=C1. The van der Waals surface area contributed by atoms with Crippen molar-refractivity contribution in [2.45, 2.75) is 0 Å². The van der Waals surface area contributed by atoms with Crippen LogP contribution >= 0.6 is 0 Å². The summed E-state index contributed by atoms with van der Waals surface area (Å²) in [5.74, 6) is 1.97. The van der Waals surface area contributed by atoms with Crippen LogP contribution in [-0.4, -0.2) is 12.9 Å². The highest BCUT2D eigenvalue weighted by Gasteiger charge is 1.90. The van der Waals surface area contributed by atoms with Crippen molar-refractivity contribution in [3.8, 4) is 0 Å². The van der Waals surface area contributed by atoms with Gasteiger partial charge in [-0.1, -0.05) is 18.2 Å². The van der Waals surface area contributed by atoms with Gasteiger partial charge in [0.15, 0.2) is 0 Å². The molecule has 1 N–H and O–H groups in total. The van der Waals surface area contributed by atoms with E-state index in [9.17, 15) is 0 Å². The molecular weight excluding hydrogens is 84.9 g/mol. The molecule has 34 valence electrons. The highest BCUT2D eigenvalue weighted by molar-refractivity contribution is 6.81. The minimum absolute atomic E-state index is 0.697. The van der Waals surface area contributed by atoms with E-state index >= 15 is 0 Å². The van der Waals surface area contributed by atoms with E-state index in [1.165, 1.54) is 0 Å². The monoisotopic (exact) mass is 91.1 g/mol. The van der Waals surface area contributed by atoms with Crippen LogP contribution in [0.4, 0.5) is 0 Å². The van der Waals surface area contributed by atoms with E-state index in [2.05, 4.69) is 0 Å². The van der Waals surface area contributed by atoms with Gasteiger partial charge in [0.05, 0.1) is 0 Å². The molecule has 0 fully saturated rings. The Kier molecular flexibility index (Phi) is 1.11. The van der Waals surface area contributed by atoms with Crippen LogP contribution in [-0.2, 0) is 0 Å². The van der Waals surface area contributed by atoms with Crippen molar-refractivity contribution in [3.05, 3.63) is 24.2 Å². The Labute approximate surface area is 43.5 Å². The Bertz CT molecular complexity index is 135. The zero-order chi connectivity index (χ0) is 5.11. The number of hydrogen-bond acceptors (Lipinski definition) is 1. The van der Waals surface area contributed by atoms with Gasteiger partial charge in [0.1, 0.15) is 0 Å². The van der Waals surface area contributed by atoms with Crippen molar-refractivity contribution in [2.24, 2.45) is 0 Å². The van der Waals surface area contributed by atoms with Crippen molar-refractivity contribution in [2.75, 3.05) is 0 Å². The van der Waals surface area contributed by atoms with Gasteiger partial charge in [0.2, 0.25) is 7.28 Å².